The van der Waals surface area contributed by atoms with Gasteiger partial charge in [-0.3, -0.25) is 14.9 Å². The van der Waals surface area contributed by atoms with Gasteiger partial charge in [0.25, 0.3) is 0 Å². The van der Waals surface area contributed by atoms with Crippen molar-refractivity contribution in [1.82, 2.24) is 10.6 Å². The van der Waals surface area contributed by atoms with E-state index < -0.39 is 28.4 Å². The smallest absolute Gasteiger partial charge is 0.321 e. The predicted molar refractivity (Wildman–Crippen MR) is 70.5 cm³/mol. The number of imide groups is 1. The third-order valence-electron chi connectivity index (χ3n) is 2.14. The van der Waals surface area contributed by atoms with Crippen molar-refractivity contribution >= 4 is 29.7 Å². The van der Waals surface area contributed by atoms with Crippen molar-refractivity contribution in [3.05, 3.63) is 0 Å². The van der Waals surface area contributed by atoms with Crippen LogP contribution in [0.2, 0.25) is 0 Å². The average Bonchev–Trinajstić information content (AvgIpc) is 2.24. The monoisotopic (exact) mass is 276 g/mol. The molecule has 7 heteroatoms. The summed E-state index contributed by atoms with van der Waals surface area (Å²) in [7, 11) is 0. The van der Waals surface area contributed by atoms with Crippen molar-refractivity contribution in [3.63, 3.8) is 0 Å². The number of nitrogens with one attached hydrogen (secondary N) is 2. The molecule has 0 aromatic rings. The van der Waals surface area contributed by atoms with Gasteiger partial charge in [-0.15, -0.1) is 11.8 Å². The zero-order valence-electron chi connectivity index (χ0n) is 11.0. The van der Waals surface area contributed by atoms with Crippen LogP contribution in [-0.2, 0) is 9.59 Å². The van der Waals surface area contributed by atoms with E-state index in [1.165, 1.54) is 0 Å². The molecule has 3 N–H and O–H groups in total. The van der Waals surface area contributed by atoms with E-state index in [0.29, 0.717) is 6.54 Å². The second-order valence-corrected chi connectivity index (χ2v) is 5.62. The molecule has 3 amide bonds. The first-order chi connectivity index (χ1) is 8.29. The zero-order valence-corrected chi connectivity index (χ0v) is 11.8. The van der Waals surface area contributed by atoms with Gasteiger partial charge in [0.05, 0.1) is 5.25 Å². The van der Waals surface area contributed by atoms with Crippen molar-refractivity contribution in [2.45, 2.75) is 38.2 Å². The number of aliphatic carboxylic acids is 1. The highest BCUT2D eigenvalue weighted by molar-refractivity contribution is 8.01. The van der Waals surface area contributed by atoms with Gasteiger partial charge in [0, 0.05) is 6.54 Å². The van der Waals surface area contributed by atoms with E-state index in [-0.39, 0.29) is 5.92 Å². The van der Waals surface area contributed by atoms with Gasteiger partial charge >= 0.3 is 12.0 Å². The molecule has 104 valence electrons. The summed E-state index contributed by atoms with van der Waals surface area (Å²) in [6, 6.07) is -0.564. The summed E-state index contributed by atoms with van der Waals surface area (Å²) in [6.07, 6.45) is 0. The summed E-state index contributed by atoms with van der Waals surface area (Å²) in [5, 5.41) is 12.3. The van der Waals surface area contributed by atoms with Crippen LogP contribution in [0.1, 0.15) is 27.7 Å². The first-order valence-electron chi connectivity index (χ1n) is 5.76. The van der Waals surface area contributed by atoms with Crippen molar-refractivity contribution in [2.75, 3.05) is 6.54 Å². The number of carboxylic acid groups (broad SMARTS) is 1. The Labute approximate surface area is 111 Å². The molecule has 18 heavy (non-hydrogen) atoms. The Morgan fingerprint density at radius 1 is 1.22 bits per heavy atom. The van der Waals surface area contributed by atoms with Crippen molar-refractivity contribution < 1.29 is 19.5 Å². The molecule has 0 fully saturated rings. The van der Waals surface area contributed by atoms with Crippen LogP contribution in [-0.4, -0.2) is 40.1 Å². The molecule has 0 bridgehead atoms. The summed E-state index contributed by atoms with van der Waals surface area (Å²) in [5.74, 6) is -1.53. The number of hydrogen-bond donors (Lipinski definition) is 3. The Bertz CT molecular complexity index is 320. The Morgan fingerprint density at radius 3 is 2.17 bits per heavy atom. The summed E-state index contributed by atoms with van der Waals surface area (Å²) in [4.78, 5) is 33.8. The lowest BCUT2D eigenvalue weighted by Crippen LogP contribution is -2.43. The van der Waals surface area contributed by atoms with E-state index in [0.717, 1.165) is 11.8 Å². The Kier molecular flexibility index (Phi) is 7.42. The minimum absolute atomic E-state index is 0.0905. The fourth-order valence-electron chi connectivity index (χ4n) is 1.20. The second-order valence-electron chi connectivity index (χ2n) is 4.13. The molecule has 0 aromatic carbocycles. The van der Waals surface area contributed by atoms with Gasteiger partial charge in [-0.25, -0.2) is 4.79 Å². The standard InChI is InChI=1S/C11H20N2O4S/c1-5-12-11(17)13-9(14)7(4)18-8(6(2)3)10(15)16/h6-8H,5H2,1-4H3,(H,15,16)(H2,12,13,14,17). The van der Waals surface area contributed by atoms with Crippen LogP contribution in [0.3, 0.4) is 0 Å². The maximum Gasteiger partial charge on any atom is 0.321 e. The molecular formula is C11H20N2O4S. The number of amides is 3. The third-order valence-corrected chi connectivity index (χ3v) is 3.80. The van der Waals surface area contributed by atoms with E-state index in [9.17, 15) is 14.4 Å². The lowest BCUT2D eigenvalue weighted by molar-refractivity contribution is -0.137. The van der Waals surface area contributed by atoms with Gasteiger partial charge in [0.15, 0.2) is 0 Å². The number of thioether (sulfide) groups is 1. The summed E-state index contributed by atoms with van der Waals surface area (Å²) < 4.78 is 0. The Hall–Kier alpha value is -1.24. The predicted octanol–water partition coefficient (Wildman–Crippen LogP) is 1.06. The van der Waals surface area contributed by atoms with Gasteiger partial charge in [0.2, 0.25) is 5.91 Å². The zero-order chi connectivity index (χ0) is 14.3. The van der Waals surface area contributed by atoms with Crippen LogP contribution in [0.25, 0.3) is 0 Å². The molecule has 6 nitrogen and oxygen atoms in total. The van der Waals surface area contributed by atoms with Crippen LogP contribution in [0.15, 0.2) is 0 Å². The van der Waals surface area contributed by atoms with Crippen LogP contribution in [0.4, 0.5) is 4.79 Å². The lowest BCUT2D eigenvalue weighted by Gasteiger charge is -2.19. The number of carbonyl (C=O) groups excluding carboxylic acids is 2. The topological polar surface area (TPSA) is 95.5 Å². The highest BCUT2D eigenvalue weighted by Crippen LogP contribution is 2.24. The fraction of sp³-hybridized carbons (Fsp3) is 0.727. The Balaban J connectivity index is 4.37. The van der Waals surface area contributed by atoms with E-state index in [1.54, 1.807) is 27.7 Å². The number of carboxylic acids is 1. The molecule has 0 aliphatic heterocycles. The third kappa shape index (κ3) is 5.90. The number of hydrogen-bond acceptors (Lipinski definition) is 4. The largest absolute Gasteiger partial charge is 0.480 e. The average molecular weight is 276 g/mol. The van der Waals surface area contributed by atoms with Crippen LogP contribution in [0.5, 0.6) is 0 Å². The van der Waals surface area contributed by atoms with E-state index >= 15 is 0 Å². The lowest BCUT2D eigenvalue weighted by atomic mass is 10.1. The minimum atomic E-state index is -0.951. The molecule has 0 aliphatic carbocycles. The number of carbonyl (C=O) groups is 3. The van der Waals surface area contributed by atoms with Gasteiger partial charge in [-0.2, -0.15) is 0 Å². The SMILES string of the molecule is CCNC(=O)NC(=O)C(C)SC(C(=O)O)C(C)C. The quantitative estimate of drug-likeness (QED) is 0.674. The normalized spacial score (nSPS) is 13.8. The molecule has 0 saturated heterocycles. The van der Waals surface area contributed by atoms with Crippen LogP contribution in [0, 0.1) is 5.92 Å². The first-order valence-corrected chi connectivity index (χ1v) is 6.70. The van der Waals surface area contributed by atoms with Crippen molar-refractivity contribution in [1.29, 1.82) is 0 Å². The van der Waals surface area contributed by atoms with Gasteiger partial charge < -0.3 is 10.4 Å². The molecule has 0 heterocycles. The van der Waals surface area contributed by atoms with E-state index in [4.69, 9.17) is 5.11 Å². The van der Waals surface area contributed by atoms with Gasteiger partial charge in [0.1, 0.15) is 5.25 Å². The molecule has 0 aliphatic rings. The molecule has 0 aromatic heterocycles. The molecular weight excluding hydrogens is 256 g/mol. The summed E-state index contributed by atoms with van der Waals surface area (Å²) >= 11 is 1.04. The second kappa shape index (κ2) is 7.97. The molecule has 0 rings (SSSR count). The summed E-state index contributed by atoms with van der Waals surface area (Å²) in [6.45, 7) is 7.30. The van der Waals surface area contributed by atoms with Crippen LogP contribution < -0.4 is 10.6 Å². The fourth-order valence-corrected chi connectivity index (χ4v) is 2.25. The maximum atomic E-state index is 11.6. The first kappa shape index (κ1) is 16.8. The summed E-state index contributed by atoms with van der Waals surface area (Å²) in [5.41, 5.74) is 0. The van der Waals surface area contributed by atoms with Crippen LogP contribution >= 0.6 is 11.8 Å². The maximum absolute atomic E-state index is 11.6. The molecule has 0 radical (unpaired) electrons. The van der Waals surface area contributed by atoms with E-state index in [1.807, 2.05) is 0 Å². The molecule has 2 unspecified atom stereocenters. The highest BCUT2D eigenvalue weighted by atomic mass is 32.2. The molecule has 0 spiro atoms. The number of rotatable bonds is 6. The minimum Gasteiger partial charge on any atom is -0.480 e. The van der Waals surface area contributed by atoms with Gasteiger partial charge in [-0.1, -0.05) is 13.8 Å². The van der Waals surface area contributed by atoms with Crippen molar-refractivity contribution in [2.24, 2.45) is 5.92 Å². The highest BCUT2D eigenvalue weighted by Gasteiger charge is 2.27. The van der Waals surface area contributed by atoms with Crippen molar-refractivity contribution in [3.8, 4) is 0 Å². The Morgan fingerprint density at radius 2 is 1.78 bits per heavy atom. The molecule has 2 atom stereocenters. The molecule has 0 saturated carbocycles. The van der Waals surface area contributed by atoms with E-state index in [2.05, 4.69) is 10.6 Å². The van der Waals surface area contributed by atoms with Gasteiger partial charge in [-0.05, 0) is 19.8 Å². The number of urea groups is 1.